The fourth-order valence-corrected chi connectivity index (χ4v) is 2.24. The number of nitrogens with zero attached hydrogens (tertiary/aromatic N) is 3. The summed E-state index contributed by atoms with van der Waals surface area (Å²) in [6, 6.07) is 2.17. The van der Waals surface area contributed by atoms with E-state index in [0.717, 1.165) is 13.0 Å². The molecule has 0 saturated heterocycles. The van der Waals surface area contributed by atoms with Gasteiger partial charge in [-0.2, -0.15) is 5.10 Å². The molecule has 3 heterocycles. The monoisotopic (exact) mass is 215 g/mol. The van der Waals surface area contributed by atoms with E-state index in [-0.39, 0.29) is 5.78 Å². The number of carbonyl (C=O) groups excluding carboxylic acids is 1. The second-order valence-electron chi connectivity index (χ2n) is 4.15. The Morgan fingerprint density at radius 3 is 3.12 bits per heavy atom. The van der Waals surface area contributed by atoms with Gasteiger partial charge < -0.3 is 4.90 Å². The van der Waals surface area contributed by atoms with Crippen molar-refractivity contribution in [1.29, 1.82) is 0 Å². The fourth-order valence-electron chi connectivity index (χ4n) is 2.24. The lowest BCUT2D eigenvalue weighted by Gasteiger charge is -2.35. The van der Waals surface area contributed by atoms with Crippen molar-refractivity contribution in [2.45, 2.75) is 18.9 Å². The quantitative estimate of drug-likeness (QED) is 0.662. The normalized spacial score (nSPS) is 24.2. The Labute approximate surface area is 93.9 Å². The highest BCUT2D eigenvalue weighted by Crippen LogP contribution is 2.24. The fraction of sp³-hybridized carbons (Fsp3) is 0.333. The molecular weight excluding hydrogens is 202 g/mol. The summed E-state index contributed by atoms with van der Waals surface area (Å²) in [5.74, 6) is 0.181. The molecule has 4 heteroatoms. The minimum absolute atomic E-state index is 0.181. The molecule has 3 rings (SSSR count). The molecule has 1 atom stereocenters. The van der Waals surface area contributed by atoms with Gasteiger partial charge in [0.05, 0.1) is 0 Å². The lowest BCUT2D eigenvalue weighted by Crippen LogP contribution is -2.39. The van der Waals surface area contributed by atoms with Gasteiger partial charge in [-0.1, -0.05) is 12.2 Å². The van der Waals surface area contributed by atoms with Gasteiger partial charge in [0.25, 0.3) is 0 Å². The van der Waals surface area contributed by atoms with Gasteiger partial charge in [-0.25, -0.2) is 4.68 Å². The van der Waals surface area contributed by atoms with Crippen LogP contribution >= 0.6 is 0 Å². The van der Waals surface area contributed by atoms with Gasteiger partial charge in [0.1, 0.15) is 5.70 Å². The Bertz CT molecular complexity index is 459. The van der Waals surface area contributed by atoms with Crippen LogP contribution in [-0.4, -0.2) is 33.1 Å². The van der Waals surface area contributed by atoms with E-state index in [0.29, 0.717) is 18.2 Å². The van der Waals surface area contributed by atoms with Crippen molar-refractivity contribution in [2.75, 3.05) is 6.54 Å². The van der Waals surface area contributed by atoms with E-state index in [1.807, 2.05) is 18.5 Å². The molecule has 0 spiro atoms. The lowest BCUT2D eigenvalue weighted by atomic mass is 9.97. The number of hydrogen-bond donors (Lipinski definition) is 0. The summed E-state index contributed by atoms with van der Waals surface area (Å²) >= 11 is 0. The number of aromatic nitrogens is 2. The zero-order chi connectivity index (χ0) is 11.0. The van der Waals surface area contributed by atoms with Crippen LogP contribution in [0.2, 0.25) is 0 Å². The summed E-state index contributed by atoms with van der Waals surface area (Å²) in [5, 5.41) is 4.11. The van der Waals surface area contributed by atoms with Crippen LogP contribution in [0.1, 0.15) is 12.8 Å². The summed E-state index contributed by atoms with van der Waals surface area (Å²) in [5.41, 5.74) is 0.677. The Hall–Kier alpha value is -1.84. The number of carbonyl (C=O) groups is 1. The van der Waals surface area contributed by atoms with Crippen molar-refractivity contribution in [3.05, 3.63) is 36.8 Å². The van der Waals surface area contributed by atoms with Crippen LogP contribution in [0.3, 0.4) is 0 Å². The summed E-state index contributed by atoms with van der Waals surface area (Å²) < 4.78 is 1.65. The van der Waals surface area contributed by atoms with E-state index < -0.39 is 0 Å². The summed E-state index contributed by atoms with van der Waals surface area (Å²) in [7, 11) is 0. The second kappa shape index (κ2) is 3.63. The predicted molar refractivity (Wildman–Crippen MR) is 60.4 cm³/mol. The van der Waals surface area contributed by atoms with E-state index in [1.165, 1.54) is 0 Å². The van der Waals surface area contributed by atoms with Gasteiger partial charge in [0.2, 0.25) is 0 Å². The first-order chi connectivity index (χ1) is 7.84. The largest absolute Gasteiger partial charge is 0.368 e. The second-order valence-corrected chi connectivity index (χ2v) is 4.15. The third kappa shape index (κ3) is 1.46. The van der Waals surface area contributed by atoms with Crippen molar-refractivity contribution in [3.63, 3.8) is 0 Å². The van der Waals surface area contributed by atoms with Crippen molar-refractivity contribution >= 4 is 11.5 Å². The van der Waals surface area contributed by atoms with Gasteiger partial charge in [-0.05, 0) is 12.5 Å². The zero-order valence-corrected chi connectivity index (χ0v) is 8.91. The SMILES string of the molecule is O=C1CC2CC=CCN2C=C1n1cccn1. The molecule has 0 amide bonds. The van der Waals surface area contributed by atoms with Crippen LogP contribution in [0.5, 0.6) is 0 Å². The summed E-state index contributed by atoms with van der Waals surface area (Å²) in [4.78, 5) is 14.2. The van der Waals surface area contributed by atoms with E-state index in [2.05, 4.69) is 22.2 Å². The van der Waals surface area contributed by atoms with Crippen molar-refractivity contribution in [3.8, 4) is 0 Å². The maximum atomic E-state index is 12.0. The molecule has 0 radical (unpaired) electrons. The van der Waals surface area contributed by atoms with Crippen molar-refractivity contribution in [1.82, 2.24) is 14.7 Å². The van der Waals surface area contributed by atoms with Crippen LogP contribution in [0.15, 0.2) is 36.8 Å². The smallest absolute Gasteiger partial charge is 0.184 e. The van der Waals surface area contributed by atoms with E-state index in [9.17, 15) is 4.79 Å². The van der Waals surface area contributed by atoms with Crippen molar-refractivity contribution < 1.29 is 4.79 Å². The van der Waals surface area contributed by atoms with Crippen LogP contribution in [0, 0.1) is 0 Å². The molecule has 0 bridgehead atoms. The van der Waals surface area contributed by atoms with Gasteiger partial charge in [-0.15, -0.1) is 0 Å². The highest BCUT2D eigenvalue weighted by atomic mass is 16.1. The number of allylic oxidation sites excluding steroid dienone is 1. The Morgan fingerprint density at radius 2 is 2.31 bits per heavy atom. The molecule has 1 aromatic rings. The third-order valence-corrected chi connectivity index (χ3v) is 3.11. The number of hydrogen-bond acceptors (Lipinski definition) is 3. The lowest BCUT2D eigenvalue weighted by molar-refractivity contribution is -0.115. The maximum absolute atomic E-state index is 12.0. The summed E-state index contributed by atoms with van der Waals surface area (Å²) in [6.45, 7) is 0.892. The van der Waals surface area contributed by atoms with Crippen LogP contribution in [0.25, 0.3) is 5.70 Å². The molecule has 1 aromatic heterocycles. The molecule has 4 nitrogen and oxygen atoms in total. The minimum atomic E-state index is 0.181. The minimum Gasteiger partial charge on any atom is -0.368 e. The van der Waals surface area contributed by atoms with Crippen LogP contribution < -0.4 is 0 Å². The molecule has 2 aliphatic heterocycles. The number of Topliss-reactive ketones (excluding diaryl/α,β-unsaturated/α-hetero) is 1. The Balaban J connectivity index is 1.96. The van der Waals surface area contributed by atoms with Gasteiger partial charge >= 0.3 is 0 Å². The molecule has 82 valence electrons. The first-order valence-electron chi connectivity index (χ1n) is 5.50. The van der Waals surface area contributed by atoms with E-state index >= 15 is 0 Å². The van der Waals surface area contributed by atoms with E-state index in [4.69, 9.17) is 0 Å². The van der Waals surface area contributed by atoms with Crippen LogP contribution in [-0.2, 0) is 4.79 Å². The zero-order valence-electron chi connectivity index (χ0n) is 8.91. The molecule has 0 fully saturated rings. The highest BCUT2D eigenvalue weighted by molar-refractivity contribution is 6.15. The average Bonchev–Trinajstić information content (AvgIpc) is 2.81. The number of fused-ring (bicyclic) bond motifs is 1. The third-order valence-electron chi connectivity index (χ3n) is 3.11. The van der Waals surface area contributed by atoms with Gasteiger partial charge in [-0.3, -0.25) is 4.79 Å². The molecular formula is C12H13N3O. The molecule has 2 aliphatic rings. The van der Waals surface area contributed by atoms with E-state index in [1.54, 1.807) is 10.9 Å². The molecule has 1 unspecified atom stereocenters. The molecule has 0 N–H and O–H groups in total. The molecule has 0 aliphatic carbocycles. The number of rotatable bonds is 1. The van der Waals surface area contributed by atoms with Crippen molar-refractivity contribution in [2.24, 2.45) is 0 Å². The first kappa shape index (κ1) is 9.39. The molecule has 16 heavy (non-hydrogen) atoms. The van der Waals surface area contributed by atoms with Gasteiger partial charge in [0.15, 0.2) is 5.78 Å². The highest BCUT2D eigenvalue weighted by Gasteiger charge is 2.28. The molecule has 0 saturated carbocycles. The topological polar surface area (TPSA) is 38.1 Å². The average molecular weight is 215 g/mol. The maximum Gasteiger partial charge on any atom is 0.184 e. The Kier molecular flexibility index (Phi) is 2.13. The first-order valence-corrected chi connectivity index (χ1v) is 5.50. The summed E-state index contributed by atoms with van der Waals surface area (Å²) in [6.07, 6.45) is 11.3. The predicted octanol–water partition coefficient (Wildman–Crippen LogP) is 1.28. The number of ketones is 1. The molecule has 0 aromatic carbocycles. The van der Waals surface area contributed by atoms with Gasteiger partial charge in [0, 0.05) is 37.6 Å². The standard InChI is InChI=1S/C12H13N3O/c16-12-8-10-4-1-2-6-14(10)9-11(12)15-7-3-5-13-15/h1-3,5,7,9-10H,4,6,8H2. The van der Waals surface area contributed by atoms with Crippen LogP contribution in [0.4, 0.5) is 0 Å². The Morgan fingerprint density at radius 1 is 1.38 bits per heavy atom.